The van der Waals surface area contributed by atoms with Crippen LogP contribution in [0.15, 0.2) is 42.5 Å². The van der Waals surface area contributed by atoms with Crippen LogP contribution in [0, 0.1) is 20.8 Å². The van der Waals surface area contributed by atoms with E-state index in [1.165, 1.54) is 5.56 Å². The Bertz CT molecular complexity index is 1010. The number of benzene rings is 2. The van der Waals surface area contributed by atoms with Crippen molar-refractivity contribution in [1.82, 2.24) is 9.78 Å². The van der Waals surface area contributed by atoms with Crippen molar-refractivity contribution in [2.45, 2.75) is 27.3 Å². The first-order chi connectivity index (χ1) is 13.0. The number of carbonyl (C=O) groups excluding carboxylic acids is 1. The van der Waals surface area contributed by atoms with Crippen LogP contribution in [-0.4, -0.2) is 22.5 Å². The maximum atomic E-state index is 12.8. The molecule has 1 aliphatic heterocycles. The number of fused-ring (bicyclic) bond motifs is 1. The Labute approximate surface area is 157 Å². The molecule has 0 fully saturated rings. The van der Waals surface area contributed by atoms with Crippen molar-refractivity contribution in [3.05, 3.63) is 70.5 Å². The normalized spacial score (nSPS) is 12.3. The van der Waals surface area contributed by atoms with E-state index in [0.29, 0.717) is 35.0 Å². The molecule has 0 bridgehead atoms. The maximum Gasteiger partial charge on any atom is 0.259 e. The van der Waals surface area contributed by atoms with E-state index in [9.17, 15) is 4.79 Å². The monoisotopic (exact) mass is 363 g/mol. The number of amides is 1. The Morgan fingerprint density at radius 2 is 1.81 bits per heavy atom. The van der Waals surface area contributed by atoms with Gasteiger partial charge in [-0.25, -0.2) is 0 Å². The summed E-state index contributed by atoms with van der Waals surface area (Å²) in [5.74, 6) is 1.14. The van der Waals surface area contributed by atoms with Crippen molar-refractivity contribution in [3.63, 3.8) is 0 Å². The second-order valence-corrected chi connectivity index (χ2v) is 6.71. The average molecular weight is 363 g/mol. The summed E-state index contributed by atoms with van der Waals surface area (Å²) in [5.41, 5.74) is 5.17. The molecule has 0 saturated carbocycles. The molecule has 1 N–H and O–H groups in total. The van der Waals surface area contributed by atoms with Gasteiger partial charge in [0.15, 0.2) is 11.5 Å². The van der Waals surface area contributed by atoms with Gasteiger partial charge >= 0.3 is 0 Å². The first-order valence-corrected chi connectivity index (χ1v) is 8.82. The molecule has 1 aliphatic rings. The Morgan fingerprint density at radius 3 is 2.59 bits per heavy atom. The fourth-order valence-corrected chi connectivity index (χ4v) is 3.21. The SMILES string of the molecule is Cc1ccc(Cn2nc(C)c(C(=O)Nc3ccc4c(c3)OCO4)c2C)cc1. The van der Waals surface area contributed by atoms with E-state index >= 15 is 0 Å². The van der Waals surface area contributed by atoms with E-state index in [-0.39, 0.29) is 12.7 Å². The van der Waals surface area contributed by atoms with Crippen LogP contribution < -0.4 is 14.8 Å². The minimum atomic E-state index is -0.181. The predicted octanol–water partition coefficient (Wildman–Crippen LogP) is 3.84. The molecule has 0 aliphatic carbocycles. The van der Waals surface area contributed by atoms with Crippen LogP contribution in [0.25, 0.3) is 0 Å². The van der Waals surface area contributed by atoms with Crippen molar-refractivity contribution in [2.24, 2.45) is 0 Å². The lowest BCUT2D eigenvalue weighted by atomic mass is 10.1. The molecule has 2 heterocycles. The topological polar surface area (TPSA) is 65.4 Å². The third kappa shape index (κ3) is 3.38. The molecule has 1 amide bonds. The van der Waals surface area contributed by atoms with Crippen LogP contribution in [0.3, 0.4) is 0 Å². The average Bonchev–Trinajstić information content (AvgIpc) is 3.21. The van der Waals surface area contributed by atoms with Crippen molar-refractivity contribution >= 4 is 11.6 Å². The summed E-state index contributed by atoms with van der Waals surface area (Å²) in [5, 5.41) is 7.49. The zero-order chi connectivity index (χ0) is 19.0. The van der Waals surface area contributed by atoms with Crippen LogP contribution in [0.5, 0.6) is 11.5 Å². The van der Waals surface area contributed by atoms with Crippen LogP contribution in [0.1, 0.15) is 32.9 Å². The van der Waals surface area contributed by atoms with Crippen LogP contribution in [0.2, 0.25) is 0 Å². The van der Waals surface area contributed by atoms with Gasteiger partial charge in [0.1, 0.15) is 0 Å². The Kier molecular flexibility index (Phi) is 4.32. The number of carbonyl (C=O) groups is 1. The summed E-state index contributed by atoms with van der Waals surface area (Å²) >= 11 is 0. The largest absolute Gasteiger partial charge is 0.454 e. The van der Waals surface area contributed by atoms with E-state index in [2.05, 4.69) is 41.6 Å². The van der Waals surface area contributed by atoms with Gasteiger partial charge in [-0.15, -0.1) is 0 Å². The number of aromatic nitrogens is 2. The molecule has 0 radical (unpaired) electrons. The Morgan fingerprint density at radius 1 is 1.07 bits per heavy atom. The third-order valence-corrected chi connectivity index (χ3v) is 4.69. The lowest BCUT2D eigenvalue weighted by Crippen LogP contribution is -2.14. The zero-order valence-electron chi connectivity index (χ0n) is 15.6. The number of nitrogens with one attached hydrogen (secondary N) is 1. The number of ether oxygens (including phenoxy) is 2. The summed E-state index contributed by atoms with van der Waals surface area (Å²) in [6.07, 6.45) is 0. The highest BCUT2D eigenvalue weighted by Gasteiger charge is 2.20. The highest BCUT2D eigenvalue weighted by atomic mass is 16.7. The van der Waals surface area contributed by atoms with Crippen LogP contribution in [-0.2, 0) is 6.54 Å². The van der Waals surface area contributed by atoms with Gasteiger partial charge in [-0.05, 0) is 38.5 Å². The van der Waals surface area contributed by atoms with Crippen molar-refractivity contribution < 1.29 is 14.3 Å². The fraction of sp³-hybridized carbons (Fsp3) is 0.238. The Hall–Kier alpha value is -3.28. The molecule has 138 valence electrons. The number of hydrogen-bond donors (Lipinski definition) is 1. The van der Waals surface area contributed by atoms with Crippen LogP contribution in [0.4, 0.5) is 5.69 Å². The van der Waals surface area contributed by atoms with E-state index in [1.54, 1.807) is 18.2 Å². The molecule has 0 atom stereocenters. The summed E-state index contributed by atoms with van der Waals surface area (Å²) in [4.78, 5) is 12.8. The molecular weight excluding hydrogens is 342 g/mol. The second kappa shape index (κ2) is 6.79. The summed E-state index contributed by atoms with van der Waals surface area (Å²) in [6.45, 7) is 6.67. The van der Waals surface area contributed by atoms with Gasteiger partial charge in [-0.2, -0.15) is 5.10 Å². The smallest absolute Gasteiger partial charge is 0.259 e. The molecule has 2 aromatic carbocycles. The molecule has 0 spiro atoms. The van der Waals surface area contributed by atoms with Crippen molar-refractivity contribution in [3.8, 4) is 11.5 Å². The maximum absolute atomic E-state index is 12.8. The number of aryl methyl sites for hydroxylation is 2. The first kappa shape index (κ1) is 17.1. The van der Waals surface area contributed by atoms with E-state index < -0.39 is 0 Å². The molecule has 27 heavy (non-hydrogen) atoms. The summed E-state index contributed by atoms with van der Waals surface area (Å²) < 4.78 is 12.5. The summed E-state index contributed by atoms with van der Waals surface area (Å²) in [7, 11) is 0. The van der Waals surface area contributed by atoms with Gasteiger partial charge in [-0.1, -0.05) is 29.8 Å². The highest BCUT2D eigenvalue weighted by molar-refractivity contribution is 6.06. The number of rotatable bonds is 4. The zero-order valence-corrected chi connectivity index (χ0v) is 15.6. The van der Waals surface area contributed by atoms with Gasteiger partial charge < -0.3 is 14.8 Å². The lowest BCUT2D eigenvalue weighted by molar-refractivity contribution is 0.102. The molecule has 4 rings (SSSR count). The molecule has 6 heteroatoms. The lowest BCUT2D eigenvalue weighted by Gasteiger charge is -2.08. The minimum Gasteiger partial charge on any atom is -0.454 e. The predicted molar refractivity (Wildman–Crippen MR) is 103 cm³/mol. The van der Waals surface area contributed by atoms with Crippen molar-refractivity contribution in [1.29, 1.82) is 0 Å². The van der Waals surface area contributed by atoms with Gasteiger partial charge in [-0.3, -0.25) is 9.48 Å². The third-order valence-electron chi connectivity index (χ3n) is 4.69. The molecule has 3 aromatic rings. The fourth-order valence-electron chi connectivity index (χ4n) is 3.21. The Balaban J connectivity index is 1.55. The molecule has 1 aromatic heterocycles. The standard InChI is InChI=1S/C21H21N3O3/c1-13-4-6-16(7-5-13)11-24-15(3)20(14(2)23-24)21(25)22-17-8-9-18-19(10-17)27-12-26-18/h4-10H,11-12H2,1-3H3,(H,22,25). The van der Waals surface area contributed by atoms with E-state index in [1.807, 2.05) is 18.5 Å². The van der Waals surface area contributed by atoms with E-state index in [4.69, 9.17) is 9.47 Å². The minimum absolute atomic E-state index is 0.181. The molecule has 6 nitrogen and oxygen atoms in total. The number of anilines is 1. The van der Waals surface area contributed by atoms with Gasteiger partial charge in [0.2, 0.25) is 6.79 Å². The summed E-state index contributed by atoms with van der Waals surface area (Å²) in [6, 6.07) is 13.7. The molecule has 0 unspecified atom stereocenters. The van der Waals surface area contributed by atoms with Gasteiger partial charge in [0.05, 0.1) is 17.8 Å². The first-order valence-electron chi connectivity index (χ1n) is 8.82. The number of hydrogen-bond acceptors (Lipinski definition) is 4. The second-order valence-electron chi connectivity index (χ2n) is 6.71. The molecule has 0 saturated heterocycles. The van der Waals surface area contributed by atoms with E-state index in [0.717, 1.165) is 11.3 Å². The molecular formula is C21H21N3O3. The van der Waals surface area contributed by atoms with Crippen molar-refractivity contribution in [2.75, 3.05) is 12.1 Å². The van der Waals surface area contributed by atoms with Crippen LogP contribution >= 0.6 is 0 Å². The quantitative estimate of drug-likeness (QED) is 0.765. The van der Waals surface area contributed by atoms with Gasteiger partial charge in [0, 0.05) is 17.4 Å². The highest BCUT2D eigenvalue weighted by Crippen LogP contribution is 2.34. The number of nitrogens with zero attached hydrogens (tertiary/aromatic N) is 2. The van der Waals surface area contributed by atoms with Gasteiger partial charge in [0.25, 0.3) is 5.91 Å².